The van der Waals surface area contributed by atoms with E-state index >= 15 is 0 Å². The van der Waals surface area contributed by atoms with Gasteiger partial charge in [-0.2, -0.15) is 0 Å². The number of nitrogens with zero attached hydrogens (tertiary/aromatic N) is 2. The zero-order valence-corrected chi connectivity index (χ0v) is 14.1. The number of aliphatic imine (C=N–C) groups is 1. The van der Waals surface area contributed by atoms with Gasteiger partial charge in [0.2, 0.25) is 6.35 Å². The van der Waals surface area contributed by atoms with Crippen molar-refractivity contribution in [3.05, 3.63) is 12.3 Å². The van der Waals surface area contributed by atoms with Crippen molar-refractivity contribution in [1.82, 2.24) is 4.90 Å². The van der Waals surface area contributed by atoms with E-state index in [1.807, 2.05) is 0 Å². The Bertz CT molecular complexity index is 547. The van der Waals surface area contributed by atoms with E-state index in [4.69, 9.17) is 26.8 Å². The van der Waals surface area contributed by atoms with E-state index in [0.29, 0.717) is 6.29 Å². The van der Waals surface area contributed by atoms with Crippen molar-refractivity contribution >= 4 is 23.7 Å². The largest absolute Gasteiger partial charge is 0.387 e. The third kappa shape index (κ3) is 3.55. The second-order valence-electron chi connectivity index (χ2n) is 6.27. The average Bonchev–Trinajstić information content (AvgIpc) is 2.79. The van der Waals surface area contributed by atoms with Crippen LogP contribution >= 0.6 is 11.6 Å². The van der Waals surface area contributed by atoms with Crippen LogP contribution in [0.5, 0.6) is 0 Å². The van der Waals surface area contributed by atoms with Gasteiger partial charge in [0.15, 0.2) is 18.7 Å². The lowest BCUT2D eigenvalue weighted by atomic mass is 9.98. The highest BCUT2D eigenvalue weighted by Crippen LogP contribution is 2.38. The van der Waals surface area contributed by atoms with Gasteiger partial charge in [0.1, 0.15) is 23.1 Å². The van der Waals surface area contributed by atoms with Crippen molar-refractivity contribution in [2.45, 2.75) is 49.9 Å². The number of aldehydes is 1. The number of ether oxygens (including phenoxy) is 2. The molecule has 136 valence electrons. The van der Waals surface area contributed by atoms with Crippen LogP contribution in [0, 0.1) is 0 Å². The molecule has 0 amide bonds. The van der Waals surface area contributed by atoms with Crippen LogP contribution in [0.15, 0.2) is 17.3 Å². The average molecular weight is 366 g/mol. The Morgan fingerprint density at radius 2 is 2.29 bits per heavy atom. The highest BCUT2D eigenvalue weighted by atomic mass is 35.5. The lowest BCUT2D eigenvalue weighted by Crippen LogP contribution is -2.50. The van der Waals surface area contributed by atoms with Crippen molar-refractivity contribution in [2.75, 3.05) is 12.5 Å². The third-order valence-electron chi connectivity index (χ3n) is 3.91. The molecule has 2 rings (SSSR count). The summed E-state index contributed by atoms with van der Waals surface area (Å²) in [4.78, 5) is 15.7. The Kier molecular flexibility index (Phi) is 5.50. The molecular formula is C14H21ClFN3O5. The van der Waals surface area contributed by atoms with E-state index in [0.717, 1.165) is 4.90 Å². The van der Waals surface area contributed by atoms with E-state index in [9.17, 15) is 19.4 Å². The first-order valence-corrected chi connectivity index (χ1v) is 7.82. The van der Waals surface area contributed by atoms with Crippen LogP contribution in [0.3, 0.4) is 0 Å². The summed E-state index contributed by atoms with van der Waals surface area (Å²) in [6.45, 7) is 2.73. The first-order chi connectivity index (χ1) is 11.2. The van der Waals surface area contributed by atoms with Crippen molar-refractivity contribution < 1.29 is 28.9 Å². The van der Waals surface area contributed by atoms with Gasteiger partial charge in [-0.1, -0.05) is 0 Å². The van der Waals surface area contributed by atoms with Crippen molar-refractivity contribution in [3.63, 3.8) is 0 Å². The molecule has 0 spiro atoms. The molecule has 5 atom stereocenters. The monoisotopic (exact) mass is 365 g/mol. The van der Waals surface area contributed by atoms with Crippen LogP contribution in [0.1, 0.15) is 13.8 Å². The van der Waals surface area contributed by atoms with Crippen LogP contribution < -0.4 is 5.73 Å². The maximum Gasteiger partial charge on any atom is 0.229 e. The molecule has 0 aliphatic carbocycles. The molecule has 24 heavy (non-hydrogen) atoms. The minimum absolute atomic E-state index is 0.0763. The number of aliphatic hydroxyl groups excluding tert-OH is 2. The minimum atomic E-state index is -1.89. The van der Waals surface area contributed by atoms with Gasteiger partial charge in [0.25, 0.3) is 0 Å². The Balaban J connectivity index is 2.18. The molecule has 0 radical (unpaired) electrons. The molecule has 0 aromatic heterocycles. The SMILES string of the molecule is CC(C)(C=O)OC[C@@]1(CCl)O[C@@H](N2C=CC(N)=NC2O)[C@H](F)[C@@H]1O. The zero-order chi connectivity index (χ0) is 18.1. The quantitative estimate of drug-likeness (QED) is 0.428. The van der Waals surface area contributed by atoms with Crippen LogP contribution in [0.25, 0.3) is 0 Å². The molecule has 1 saturated heterocycles. The number of rotatable bonds is 6. The normalized spacial score (nSPS) is 36.8. The zero-order valence-electron chi connectivity index (χ0n) is 13.3. The van der Waals surface area contributed by atoms with Gasteiger partial charge in [-0.25, -0.2) is 9.38 Å². The summed E-state index contributed by atoms with van der Waals surface area (Å²) in [5, 5.41) is 20.2. The summed E-state index contributed by atoms with van der Waals surface area (Å²) in [5.41, 5.74) is 2.74. The number of hydrogen-bond donors (Lipinski definition) is 3. The fourth-order valence-corrected chi connectivity index (χ4v) is 2.65. The highest BCUT2D eigenvalue weighted by Gasteiger charge is 2.57. The molecule has 8 nitrogen and oxygen atoms in total. The molecule has 2 aliphatic rings. The molecule has 2 heterocycles. The minimum Gasteiger partial charge on any atom is -0.387 e. The number of alkyl halides is 2. The maximum absolute atomic E-state index is 14.6. The predicted octanol–water partition coefficient (Wildman–Crippen LogP) is -0.524. The number of carbonyl (C=O) groups excluding carboxylic acids is 1. The van der Waals surface area contributed by atoms with Gasteiger partial charge in [0.05, 0.1) is 12.5 Å². The number of carbonyl (C=O) groups is 1. The molecule has 4 N–H and O–H groups in total. The number of amidine groups is 1. The van der Waals surface area contributed by atoms with Crippen LogP contribution in [0.2, 0.25) is 0 Å². The van der Waals surface area contributed by atoms with Gasteiger partial charge < -0.3 is 35.1 Å². The first-order valence-electron chi connectivity index (χ1n) is 7.29. The van der Waals surface area contributed by atoms with E-state index in [-0.39, 0.29) is 18.3 Å². The first kappa shape index (κ1) is 19.1. The summed E-state index contributed by atoms with van der Waals surface area (Å²) in [6.07, 6.45) is -3.05. The summed E-state index contributed by atoms with van der Waals surface area (Å²) < 4.78 is 25.6. The second kappa shape index (κ2) is 6.93. The molecule has 1 fully saturated rings. The highest BCUT2D eigenvalue weighted by molar-refractivity contribution is 6.18. The maximum atomic E-state index is 14.6. The molecule has 0 aromatic carbocycles. The Hall–Kier alpha value is -1.26. The number of aliphatic hydroxyl groups is 2. The predicted molar refractivity (Wildman–Crippen MR) is 83.9 cm³/mol. The molecule has 0 saturated carbocycles. The van der Waals surface area contributed by atoms with E-state index in [2.05, 4.69) is 4.99 Å². The number of hydrogen-bond acceptors (Lipinski definition) is 8. The fourth-order valence-electron chi connectivity index (χ4n) is 2.36. The number of halogens is 2. The lowest BCUT2D eigenvalue weighted by Gasteiger charge is -2.35. The van der Waals surface area contributed by atoms with Crippen molar-refractivity contribution in [1.29, 1.82) is 0 Å². The van der Waals surface area contributed by atoms with Crippen molar-refractivity contribution in [3.8, 4) is 0 Å². The standard InChI is InChI=1S/C14H21ClFN3O5/c1-13(2,6-20)23-7-14(5-15)10(21)9(16)11(24-14)19-4-3-8(17)18-12(19)22/h3-4,6,9-12,21-22H,5,7H2,1-2H3,(H2,17,18)/t9-,10+,11-,12?,14-/m1/s1. The lowest BCUT2D eigenvalue weighted by molar-refractivity contribution is -0.177. The second-order valence-corrected chi connectivity index (χ2v) is 6.54. The summed E-state index contributed by atoms with van der Waals surface area (Å²) in [7, 11) is 0. The third-order valence-corrected chi connectivity index (χ3v) is 4.36. The van der Waals surface area contributed by atoms with Gasteiger partial charge >= 0.3 is 0 Å². The summed E-state index contributed by atoms with van der Waals surface area (Å²) >= 11 is 5.89. The Morgan fingerprint density at radius 3 is 2.83 bits per heavy atom. The van der Waals surface area contributed by atoms with Gasteiger partial charge in [-0.15, -0.1) is 11.6 Å². The molecule has 2 aliphatic heterocycles. The van der Waals surface area contributed by atoms with Gasteiger partial charge in [0, 0.05) is 6.20 Å². The fraction of sp³-hybridized carbons (Fsp3) is 0.714. The van der Waals surface area contributed by atoms with E-state index in [1.165, 1.54) is 26.1 Å². The number of nitrogens with two attached hydrogens (primary N) is 1. The molecule has 1 unspecified atom stereocenters. The van der Waals surface area contributed by atoms with Gasteiger partial charge in [-0.3, -0.25) is 0 Å². The molecular weight excluding hydrogens is 345 g/mol. The van der Waals surface area contributed by atoms with Crippen LogP contribution in [-0.4, -0.2) is 75.8 Å². The molecule has 0 aromatic rings. The van der Waals surface area contributed by atoms with Crippen LogP contribution in [0.4, 0.5) is 4.39 Å². The Labute approximate surface area is 143 Å². The van der Waals surface area contributed by atoms with Crippen LogP contribution in [-0.2, 0) is 14.3 Å². The van der Waals surface area contributed by atoms with Crippen molar-refractivity contribution in [2.24, 2.45) is 10.7 Å². The Morgan fingerprint density at radius 1 is 1.62 bits per heavy atom. The van der Waals surface area contributed by atoms with E-state index in [1.54, 1.807) is 0 Å². The molecule has 0 bridgehead atoms. The summed E-state index contributed by atoms with van der Waals surface area (Å²) in [5.74, 6) is -0.202. The summed E-state index contributed by atoms with van der Waals surface area (Å²) in [6, 6.07) is 0. The van der Waals surface area contributed by atoms with Gasteiger partial charge in [-0.05, 0) is 19.9 Å². The molecule has 10 heteroatoms. The van der Waals surface area contributed by atoms with E-state index < -0.39 is 36.1 Å². The smallest absolute Gasteiger partial charge is 0.229 e. The topological polar surface area (TPSA) is 118 Å².